The van der Waals surface area contributed by atoms with Crippen LogP contribution in [0.15, 0.2) is 72.8 Å². The van der Waals surface area contributed by atoms with Crippen LogP contribution in [0.25, 0.3) is 0 Å². The minimum absolute atomic E-state index is 0.123. The number of nitrogens with zero attached hydrogens (tertiary/aromatic N) is 1. The van der Waals surface area contributed by atoms with Crippen molar-refractivity contribution in [1.82, 2.24) is 0 Å². The molecule has 1 N–H and O–H groups in total. The highest BCUT2D eigenvalue weighted by Crippen LogP contribution is 2.45. The maximum atomic E-state index is 13.4. The molecule has 1 saturated heterocycles. The fraction of sp³-hybridized carbons (Fsp3) is 0.267. The number of rotatable bonds is 7. The number of benzene rings is 3. The summed E-state index contributed by atoms with van der Waals surface area (Å²) < 4.78 is 10.4. The van der Waals surface area contributed by atoms with Crippen molar-refractivity contribution in [2.45, 2.75) is 25.2 Å². The second-order valence-corrected chi connectivity index (χ2v) is 10.1. The largest absolute Gasteiger partial charge is 0.495 e. The molecule has 3 aromatic rings. The van der Waals surface area contributed by atoms with Gasteiger partial charge in [-0.25, -0.2) is 4.79 Å². The maximum Gasteiger partial charge on any atom is 0.338 e. The van der Waals surface area contributed by atoms with E-state index in [1.807, 2.05) is 18.2 Å². The lowest BCUT2D eigenvalue weighted by atomic mass is 9.73. The van der Waals surface area contributed by atoms with E-state index in [2.05, 4.69) is 17.4 Å². The molecular formula is C30H27ClN2O6. The second-order valence-electron chi connectivity index (χ2n) is 9.66. The highest BCUT2D eigenvalue weighted by Gasteiger charge is 2.50. The van der Waals surface area contributed by atoms with Crippen molar-refractivity contribution in [3.63, 3.8) is 0 Å². The van der Waals surface area contributed by atoms with E-state index in [9.17, 15) is 19.2 Å². The average Bonchev–Trinajstić information content (AvgIpc) is 3.21. The van der Waals surface area contributed by atoms with E-state index >= 15 is 0 Å². The zero-order valence-electron chi connectivity index (χ0n) is 21.3. The molecule has 200 valence electrons. The van der Waals surface area contributed by atoms with E-state index in [1.54, 1.807) is 24.3 Å². The van der Waals surface area contributed by atoms with Gasteiger partial charge >= 0.3 is 5.97 Å². The molecule has 5 rings (SSSR count). The summed E-state index contributed by atoms with van der Waals surface area (Å²) in [4.78, 5) is 52.9. The number of ether oxygens (including phenoxy) is 2. The van der Waals surface area contributed by atoms with Gasteiger partial charge in [-0.3, -0.25) is 19.3 Å². The summed E-state index contributed by atoms with van der Waals surface area (Å²) in [5.74, 6) is -1.94. The molecule has 1 heterocycles. The number of hydrogen-bond donors (Lipinski definition) is 1. The number of amides is 3. The van der Waals surface area contributed by atoms with Crippen LogP contribution in [0, 0.1) is 11.8 Å². The Kier molecular flexibility index (Phi) is 7.65. The molecule has 1 aliphatic heterocycles. The van der Waals surface area contributed by atoms with E-state index in [4.69, 9.17) is 21.1 Å². The zero-order valence-corrected chi connectivity index (χ0v) is 22.0. The average molecular weight is 547 g/mol. The van der Waals surface area contributed by atoms with Crippen LogP contribution in [0.3, 0.4) is 0 Å². The van der Waals surface area contributed by atoms with Crippen LogP contribution in [-0.2, 0) is 19.1 Å². The quantitative estimate of drug-likeness (QED) is 0.322. The predicted octanol–water partition coefficient (Wildman–Crippen LogP) is 5.22. The summed E-state index contributed by atoms with van der Waals surface area (Å²) in [6.45, 7) is -0.550. The molecule has 2 aliphatic rings. The third kappa shape index (κ3) is 5.52. The van der Waals surface area contributed by atoms with Crippen molar-refractivity contribution >= 4 is 46.7 Å². The number of methoxy groups -OCH3 is 1. The van der Waals surface area contributed by atoms with Crippen LogP contribution < -0.4 is 15.0 Å². The number of carbonyl (C=O) groups is 4. The lowest BCUT2D eigenvalue weighted by Gasteiger charge is -2.28. The number of hydrogen-bond acceptors (Lipinski definition) is 6. The maximum absolute atomic E-state index is 13.4. The molecule has 2 fully saturated rings. The first-order chi connectivity index (χ1) is 18.9. The van der Waals surface area contributed by atoms with Crippen molar-refractivity contribution in [3.05, 3.63) is 88.9 Å². The fourth-order valence-electron chi connectivity index (χ4n) is 5.41. The Hall–Kier alpha value is -4.17. The Balaban J connectivity index is 1.24. The minimum Gasteiger partial charge on any atom is -0.495 e. The Morgan fingerprint density at radius 2 is 1.72 bits per heavy atom. The van der Waals surface area contributed by atoms with Gasteiger partial charge in [-0.2, -0.15) is 0 Å². The molecular weight excluding hydrogens is 520 g/mol. The lowest BCUT2D eigenvalue weighted by Crippen LogP contribution is -2.31. The summed E-state index contributed by atoms with van der Waals surface area (Å²) in [7, 11) is 1.46. The first-order valence-corrected chi connectivity index (χ1v) is 13.1. The first-order valence-electron chi connectivity index (χ1n) is 12.7. The van der Waals surface area contributed by atoms with Gasteiger partial charge in [0, 0.05) is 5.02 Å². The number of carbonyl (C=O) groups excluding carboxylic acids is 4. The SMILES string of the molecule is COc1ccc(Cl)cc1NC(=O)COC(=O)c1cccc(N2C(=O)[C@H]3C[C@H](c4ccccc4)CC[C@H]3C2=O)c1. The van der Waals surface area contributed by atoms with Crippen molar-refractivity contribution in [2.75, 3.05) is 23.9 Å². The predicted molar refractivity (Wildman–Crippen MR) is 146 cm³/mol. The lowest BCUT2D eigenvalue weighted by molar-refractivity contribution is -0.122. The molecule has 1 saturated carbocycles. The van der Waals surface area contributed by atoms with Crippen molar-refractivity contribution in [3.8, 4) is 5.75 Å². The van der Waals surface area contributed by atoms with Crippen LogP contribution in [0.1, 0.15) is 41.1 Å². The highest BCUT2D eigenvalue weighted by atomic mass is 35.5. The standard InChI is InChI=1S/C30H27ClN2O6/c1-38-26-13-11-21(31)16-25(26)32-27(34)17-39-30(37)20-8-5-9-22(14-20)33-28(35)23-12-10-19(15-24(23)29(33)36)18-6-3-2-4-7-18/h2-9,11,13-14,16,19,23-24H,10,12,15,17H2,1H3,(H,32,34)/t19-,23-,24+/m1/s1. The summed E-state index contributed by atoms with van der Waals surface area (Å²) >= 11 is 5.98. The number of imide groups is 1. The van der Waals surface area contributed by atoms with Gasteiger partial charge in [-0.1, -0.05) is 48.0 Å². The van der Waals surface area contributed by atoms with Crippen molar-refractivity contribution < 1.29 is 28.7 Å². The molecule has 0 aromatic heterocycles. The van der Waals surface area contributed by atoms with Crippen molar-refractivity contribution in [2.24, 2.45) is 11.8 Å². The number of halogens is 1. The Morgan fingerprint density at radius 3 is 2.49 bits per heavy atom. The fourth-order valence-corrected chi connectivity index (χ4v) is 5.58. The number of fused-ring (bicyclic) bond motifs is 1. The first kappa shape index (κ1) is 26.4. The van der Waals surface area contributed by atoms with Gasteiger partial charge in [0.15, 0.2) is 6.61 Å². The Bertz CT molecular complexity index is 1430. The molecule has 0 unspecified atom stereocenters. The number of anilines is 2. The van der Waals surface area contributed by atoms with Crippen LogP contribution in [0.2, 0.25) is 5.02 Å². The summed E-state index contributed by atoms with van der Waals surface area (Å²) in [6, 6.07) is 21.0. The minimum atomic E-state index is -0.759. The normalized spacial score (nSPS) is 20.4. The van der Waals surface area contributed by atoms with Crippen LogP contribution >= 0.6 is 11.6 Å². The monoisotopic (exact) mass is 546 g/mol. The van der Waals surface area contributed by atoms with Gasteiger partial charge in [-0.05, 0) is 67.1 Å². The van der Waals surface area contributed by atoms with Gasteiger partial charge in [0.05, 0.1) is 35.9 Å². The highest BCUT2D eigenvalue weighted by molar-refractivity contribution is 6.31. The molecule has 0 radical (unpaired) electrons. The van der Waals surface area contributed by atoms with E-state index in [-0.39, 0.29) is 35.1 Å². The van der Waals surface area contributed by atoms with Crippen LogP contribution in [0.5, 0.6) is 5.75 Å². The Labute approximate surface area is 230 Å². The van der Waals surface area contributed by atoms with E-state index in [0.29, 0.717) is 35.0 Å². The number of nitrogens with one attached hydrogen (secondary N) is 1. The van der Waals surface area contributed by atoms with Gasteiger partial charge in [0.1, 0.15) is 5.75 Å². The molecule has 1 aliphatic carbocycles. The van der Waals surface area contributed by atoms with Gasteiger partial charge in [0.25, 0.3) is 5.91 Å². The Morgan fingerprint density at radius 1 is 0.949 bits per heavy atom. The second kappa shape index (κ2) is 11.3. The van der Waals surface area contributed by atoms with Crippen molar-refractivity contribution in [1.29, 1.82) is 0 Å². The zero-order chi connectivity index (χ0) is 27.5. The molecule has 3 amide bonds. The molecule has 9 heteroatoms. The molecule has 0 bridgehead atoms. The van der Waals surface area contributed by atoms with Gasteiger partial charge in [0.2, 0.25) is 11.8 Å². The molecule has 3 atom stereocenters. The molecule has 8 nitrogen and oxygen atoms in total. The third-order valence-electron chi connectivity index (χ3n) is 7.31. The van der Waals surface area contributed by atoms with E-state index in [0.717, 1.165) is 6.42 Å². The van der Waals surface area contributed by atoms with Gasteiger partial charge < -0.3 is 14.8 Å². The topological polar surface area (TPSA) is 102 Å². The van der Waals surface area contributed by atoms with Crippen LogP contribution in [0.4, 0.5) is 11.4 Å². The molecule has 0 spiro atoms. The molecule has 39 heavy (non-hydrogen) atoms. The van der Waals surface area contributed by atoms with E-state index in [1.165, 1.54) is 35.8 Å². The number of esters is 1. The van der Waals surface area contributed by atoms with Gasteiger partial charge in [-0.15, -0.1) is 0 Å². The summed E-state index contributed by atoms with van der Waals surface area (Å²) in [5, 5.41) is 3.00. The van der Waals surface area contributed by atoms with Crippen LogP contribution in [-0.4, -0.2) is 37.4 Å². The molecule has 3 aromatic carbocycles. The smallest absolute Gasteiger partial charge is 0.338 e. The summed E-state index contributed by atoms with van der Waals surface area (Å²) in [6.07, 6.45) is 2.09. The van der Waals surface area contributed by atoms with E-state index < -0.39 is 18.5 Å². The third-order valence-corrected chi connectivity index (χ3v) is 7.54. The summed E-state index contributed by atoms with van der Waals surface area (Å²) in [5.41, 5.74) is 1.96.